The molecule has 0 fully saturated rings. The summed E-state index contributed by atoms with van der Waals surface area (Å²) >= 11 is 0. The van der Waals surface area contributed by atoms with Crippen LogP contribution in [-0.2, 0) is 17.8 Å². The van der Waals surface area contributed by atoms with Crippen LogP contribution < -0.4 is 5.32 Å². The van der Waals surface area contributed by atoms with Crippen LogP contribution in [0.5, 0.6) is 0 Å². The van der Waals surface area contributed by atoms with Crippen molar-refractivity contribution in [1.29, 1.82) is 0 Å². The largest absolute Gasteiger partial charge is 0.480 e. The number of rotatable bonds is 6. The Labute approximate surface area is 112 Å². The highest BCUT2D eigenvalue weighted by molar-refractivity contribution is 5.95. The van der Waals surface area contributed by atoms with E-state index in [1.807, 2.05) is 13.8 Å². The lowest BCUT2D eigenvalue weighted by atomic mass is 10.0. The van der Waals surface area contributed by atoms with Gasteiger partial charge < -0.3 is 10.4 Å². The molecule has 19 heavy (non-hydrogen) atoms. The predicted octanol–water partition coefficient (Wildman–Crippen LogP) is 1.30. The second-order valence-electron chi connectivity index (χ2n) is 4.72. The van der Waals surface area contributed by atoms with E-state index in [0.29, 0.717) is 12.2 Å². The second-order valence-corrected chi connectivity index (χ2v) is 4.72. The number of aryl methyl sites for hydroxylation is 2. The summed E-state index contributed by atoms with van der Waals surface area (Å²) in [5.74, 6) is -1.60. The van der Waals surface area contributed by atoms with Crippen LogP contribution in [-0.4, -0.2) is 32.8 Å². The molecular weight excluding hydrogens is 246 g/mol. The minimum absolute atomic E-state index is 0.176. The Morgan fingerprint density at radius 2 is 2.05 bits per heavy atom. The van der Waals surface area contributed by atoms with E-state index in [0.717, 1.165) is 12.1 Å². The lowest BCUT2D eigenvalue weighted by Gasteiger charge is -2.17. The molecule has 1 aromatic rings. The van der Waals surface area contributed by atoms with Gasteiger partial charge in [-0.3, -0.25) is 9.48 Å². The highest BCUT2D eigenvalue weighted by Gasteiger charge is 2.25. The van der Waals surface area contributed by atoms with Gasteiger partial charge in [-0.2, -0.15) is 5.10 Å². The normalized spacial score (nSPS) is 12.5. The summed E-state index contributed by atoms with van der Waals surface area (Å²) in [7, 11) is 0. The molecule has 2 N–H and O–H groups in total. The maximum atomic E-state index is 12.1. The van der Waals surface area contributed by atoms with Gasteiger partial charge >= 0.3 is 5.97 Å². The molecule has 1 unspecified atom stereocenters. The van der Waals surface area contributed by atoms with Gasteiger partial charge in [0.1, 0.15) is 11.7 Å². The number of amides is 1. The summed E-state index contributed by atoms with van der Waals surface area (Å²) < 4.78 is 1.59. The molecule has 6 heteroatoms. The van der Waals surface area contributed by atoms with Crippen LogP contribution in [0, 0.1) is 5.92 Å². The minimum Gasteiger partial charge on any atom is -0.480 e. The zero-order chi connectivity index (χ0) is 14.6. The van der Waals surface area contributed by atoms with Crippen molar-refractivity contribution in [3.8, 4) is 0 Å². The first-order valence-corrected chi connectivity index (χ1v) is 6.51. The fourth-order valence-corrected chi connectivity index (χ4v) is 1.80. The van der Waals surface area contributed by atoms with E-state index in [2.05, 4.69) is 10.4 Å². The van der Waals surface area contributed by atoms with Crippen molar-refractivity contribution in [2.75, 3.05) is 0 Å². The van der Waals surface area contributed by atoms with Gasteiger partial charge in [0, 0.05) is 6.54 Å². The van der Waals surface area contributed by atoms with Gasteiger partial charge in [0.15, 0.2) is 0 Å². The van der Waals surface area contributed by atoms with Gasteiger partial charge in [0.2, 0.25) is 0 Å². The molecule has 0 radical (unpaired) electrons. The highest BCUT2D eigenvalue weighted by atomic mass is 16.4. The highest BCUT2D eigenvalue weighted by Crippen LogP contribution is 2.08. The summed E-state index contributed by atoms with van der Waals surface area (Å²) in [6.07, 6.45) is 0.736. The molecule has 0 bridgehead atoms. The van der Waals surface area contributed by atoms with Crippen LogP contribution >= 0.6 is 0 Å². The second kappa shape index (κ2) is 6.36. The van der Waals surface area contributed by atoms with E-state index in [-0.39, 0.29) is 5.92 Å². The Bertz CT molecular complexity index is 466. The molecule has 6 nitrogen and oxygen atoms in total. The Kier molecular flexibility index (Phi) is 5.09. The Morgan fingerprint density at radius 1 is 1.42 bits per heavy atom. The molecule has 0 saturated carbocycles. The first-order valence-electron chi connectivity index (χ1n) is 6.51. The van der Waals surface area contributed by atoms with Crippen molar-refractivity contribution in [1.82, 2.24) is 15.1 Å². The molecule has 1 atom stereocenters. The van der Waals surface area contributed by atoms with E-state index in [4.69, 9.17) is 5.11 Å². The molecule has 0 aliphatic carbocycles. The van der Waals surface area contributed by atoms with E-state index in [1.54, 1.807) is 24.6 Å². The monoisotopic (exact) mass is 267 g/mol. The number of hydrogen-bond donors (Lipinski definition) is 2. The number of aromatic nitrogens is 2. The zero-order valence-electron chi connectivity index (χ0n) is 11.8. The first kappa shape index (κ1) is 15.2. The van der Waals surface area contributed by atoms with Crippen LogP contribution in [0.4, 0.5) is 0 Å². The van der Waals surface area contributed by atoms with Crippen molar-refractivity contribution in [3.05, 3.63) is 17.5 Å². The molecule has 0 spiro atoms. The number of aliphatic carboxylic acids is 1. The van der Waals surface area contributed by atoms with Crippen LogP contribution in [0.15, 0.2) is 6.07 Å². The lowest BCUT2D eigenvalue weighted by Crippen LogP contribution is -2.44. The van der Waals surface area contributed by atoms with Gasteiger partial charge in [0.05, 0.1) is 5.69 Å². The van der Waals surface area contributed by atoms with Gasteiger partial charge in [-0.05, 0) is 25.3 Å². The van der Waals surface area contributed by atoms with E-state index in [9.17, 15) is 9.59 Å². The maximum Gasteiger partial charge on any atom is 0.326 e. The summed E-state index contributed by atoms with van der Waals surface area (Å²) in [5, 5.41) is 15.9. The molecule has 0 aliphatic rings. The van der Waals surface area contributed by atoms with Gasteiger partial charge in [-0.25, -0.2) is 4.79 Å². The quantitative estimate of drug-likeness (QED) is 0.813. The van der Waals surface area contributed by atoms with Crippen LogP contribution in [0.1, 0.15) is 43.9 Å². The lowest BCUT2D eigenvalue weighted by molar-refractivity contribution is -0.140. The SMILES string of the molecule is CCc1cc(C(=O)NC(C(=O)O)C(C)C)n(CC)n1. The number of carboxylic acid groups (broad SMARTS) is 1. The average molecular weight is 267 g/mol. The summed E-state index contributed by atoms with van der Waals surface area (Å²) in [6, 6.07) is 0.815. The molecular formula is C13H21N3O3. The average Bonchev–Trinajstić information content (AvgIpc) is 2.78. The molecule has 106 valence electrons. The summed E-state index contributed by atoms with van der Waals surface area (Å²) in [6.45, 7) is 7.93. The molecule has 1 rings (SSSR count). The van der Waals surface area contributed by atoms with E-state index >= 15 is 0 Å². The molecule has 1 aromatic heterocycles. The van der Waals surface area contributed by atoms with Crippen molar-refractivity contribution in [2.24, 2.45) is 5.92 Å². The van der Waals surface area contributed by atoms with Crippen LogP contribution in [0.2, 0.25) is 0 Å². The van der Waals surface area contributed by atoms with Crippen LogP contribution in [0.25, 0.3) is 0 Å². The third-order valence-corrected chi connectivity index (χ3v) is 2.94. The van der Waals surface area contributed by atoms with Crippen LogP contribution in [0.3, 0.4) is 0 Å². The molecule has 1 heterocycles. The number of carbonyl (C=O) groups is 2. The minimum atomic E-state index is -1.03. The molecule has 1 amide bonds. The van der Waals surface area contributed by atoms with Gasteiger partial charge in [-0.15, -0.1) is 0 Å². The first-order chi connectivity index (χ1) is 8.90. The fourth-order valence-electron chi connectivity index (χ4n) is 1.80. The third kappa shape index (κ3) is 3.56. The van der Waals surface area contributed by atoms with E-state index < -0.39 is 17.9 Å². The van der Waals surface area contributed by atoms with Crippen molar-refractivity contribution in [3.63, 3.8) is 0 Å². The van der Waals surface area contributed by atoms with Gasteiger partial charge in [0.25, 0.3) is 5.91 Å². The Hall–Kier alpha value is -1.85. The number of hydrogen-bond acceptors (Lipinski definition) is 3. The third-order valence-electron chi connectivity index (χ3n) is 2.94. The maximum absolute atomic E-state index is 12.1. The van der Waals surface area contributed by atoms with E-state index in [1.165, 1.54) is 0 Å². The van der Waals surface area contributed by atoms with Crippen molar-refractivity contribution >= 4 is 11.9 Å². The number of carboxylic acids is 1. The Balaban J connectivity index is 2.93. The van der Waals surface area contributed by atoms with Crippen molar-refractivity contribution in [2.45, 2.75) is 46.7 Å². The van der Waals surface area contributed by atoms with Gasteiger partial charge in [-0.1, -0.05) is 20.8 Å². The fraction of sp³-hybridized carbons (Fsp3) is 0.615. The smallest absolute Gasteiger partial charge is 0.326 e. The summed E-state index contributed by atoms with van der Waals surface area (Å²) in [5.41, 5.74) is 1.23. The topological polar surface area (TPSA) is 84.2 Å². The molecule has 0 saturated heterocycles. The van der Waals surface area contributed by atoms with Crippen molar-refractivity contribution < 1.29 is 14.7 Å². The number of nitrogens with zero attached hydrogens (tertiary/aromatic N) is 2. The molecule has 0 aliphatic heterocycles. The Morgan fingerprint density at radius 3 is 2.47 bits per heavy atom. The standard InChI is InChI=1S/C13H21N3O3/c1-5-9-7-10(16(6-2)15-9)12(17)14-11(8(3)4)13(18)19/h7-8,11H,5-6H2,1-4H3,(H,14,17)(H,18,19). The zero-order valence-corrected chi connectivity index (χ0v) is 11.8. The number of nitrogens with one attached hydrogen (secondary N) is 1. The molecule has 0 aromatic carbocycles. The number of carbonyl (C=O) groups excluding carboxylic acids is 1. The predicted molar refractivity (Wildman–Crippen MR) is 71.0 cm³/mol. The summed E-state index contributed by atoms with van der Waals surface area (Å²) in [4.78, 5) is 23.2.